The lowest BCUT2D eigenvalue weighted by molar-refractivity contribution is 0.147. The topological polar surface area (TPSA) is 118 Å². The second kappa shape index (κ2) is 8.57. The van der Waals surface area contributed by atoms with E-state index in [0.717, 1.165) is 25.7 Å². The molecule has 0 amide bonds. The average Bonchev–Trinajstić information content (AvgIpc) is 2.60. The number of hydrogen-bond acceptors (Lipinski definition) is 8. The van der Waals surface area contributed by atoms with Gasteiger partial charge in [0.1, 0.15) is 0 Å². The third-order valence-corrected chi connectivity index (χ3v) is 5.48. The maximum Gasteiger partial charge on any atom is 0.235 e. The summed E-state index contributed by atoms with van der Waals surface area (Å²) in [5, 5.41) is 0. The Morgan fingerprint density at radius 1 is 0.680 bits per heavy atom. The number of rotatable bonds is 6. The first-order valence-electron chi connectivity index (χ1n) is 8.48. The summed E-state index contributed by atoms with van der Waals surface area (Å²) in [6.45, 7) is 0. The molecule has 8 nitrogen and oxygen atoms in total. The molecule has 0 aromatic carbocycles. The highest BCUT2D eigenvalue weighted by atomic mass is 16.1. The Kier molecular flexibility index (Phi) is 6.46. The van der Waals surface area contributed by atoms with E-state index >= 15 is 0 Å². The van der Waals surface area contributed by atoms with E-state index in [1.54, 1.807) is 24.3 Å². The molecule has 0 aliphatic heterocycles. The van der Waals surface area contributed by atoms with Crippen LogP contribution in [0.15, 0.2) is 20.0 Å². The fourth-order valence-electron chi connectivity index (χ4n) is 4.37. The Morgan fingerprint density at radius 3 is 1.48 bits per heavy atom. The smallest absolute Gasteiger partial charge is 0.211 e. The molecule has 25 heavy (non-hydrogen) atoms. The third-order valence-electron chi connectivity index (χ3n) is 5.48. The van der Waals surface area contributed by atoms with E-state index in [1.807, 2.05) is 0 Å². The van der Waals surface area contributed by atoms with Gasteiger partial charge in [-0.25, -0.2) is 19.2 Å². The van der Waals surface area contributed by atoms with Gasteiger partial charge >= 0.3 is 0 Å². The predicted molar refractivity (Wildman–Crippen MR) is 87.1 cm³/mol. The molecule has 132 valence electrons. The van der Waals surface area contributed by atoms with Crippen molar-refractivity contribution in [2.45, 2.75) is 80.9 Å². The zero-order valence-electron chi connectivity index (χ0n) is 13.9. The number of aliphatic imine (C=N–C) groups is 4. The standard InChI is InChI=1S/C17H20N4O4/c22-10-18-14-5-1-3-7-16(14,20-12-24)9-17(21-13-25)8-4-2-6-15(17)19-11-23/h14-15H,1-9H2. The first-order valence-corrected chi connectivity index (χ1v) is 8.48. The van der Waals surface area contributed by atoms with Gasteiger partial charge in [0.2, 0.25) is 24.3 Å². The van der Waals surface area contributed by atoms with E-state index in [4.69, 9.17) is 0 Å². The van der Waals surface area contributed by atoms with Crippen LogP contribution in [0.25, 0.3) is 0 Å². The Balaban J connectivity index is 2.52. The minimum absolute atomic E-state index is 0.191. The first kappa shape index (κ1) is 18.9. The van der Waals surface area contributed by atoms with E-state index in [-0.39, 0.29) is 6.42 Å². The number of nitrogens with zero attached hydrogens (tertiary/aromatic N) is 4. The van der Waals surface area contributed by atoms with Crippen molar-refractivity contribution in [3.63, 3.8) is 0 Å². The van der Waals surface area contributed by atoms with Crippen molar-refractivity contribution in [1.82, 2.24) is 0 Å². The van der Waals surface area contributed by atoms with Crippen molar-refractivity contribution in [3.05, 3.63) is 0 Å². The Morgan fingerprint density at radius 2 is 1.12 bits per heavy atom. The van der Waals surface area contributed by atoms with Crippen LogP contribution in [0.2, 0.25) is 0 Å². The largest absolute Gasteiger partial charge is 0.235 e. The molecule has 0 aromatic rings. The first-order chi connectivity index (χ1) is 12.2. The molecule has 0 N–H and O–H groups in total. The third kappa shape index (κ3) is 3.96. The molecule has 2 aliphatic carbocycles. The number of isocyanates is 4. The number of carbonyl (C=O) groups excluding carboxylic acids is 4. The van der Waals surface area contributed by atoms with Crippen molar-refractivity contribution in [3.8, 4) is 0 Å². The molecule has 0 radical (unpaired) electrons. The van der Waals surface area contributed by atoms with E-state index in [1.165, 1.54) is 0 Å². The lowest BCUT2D eigenvalue weighted by atomic mass is 9.65. The molecule has 0 aromatic heterocycles. The molecule has 2 fully saturated rings. The van der Waals surface area contributed by atoms with Crippen molar-refractivity contribution in [1.29, 1.82) is 0 Å². The molecule has 0 bridgehead atoms. The van der Waals surface area contributed by atoms with Crippen LogP contribution in [0.3, 0.4) is 0 Å². The summed E-state index contributed by atoms with van der Waals surface area (Å²) in [7, 11) is 0. The molecule has 2 rings (SSSR count). The molecule has 4 unspecified atom stereocenters. The molecular weight excluding hydrogens is 324 g/mol. The average molecular weight is 344 g/mol. The maximum absolute atomic E-state index is 11.1. The lowest BCUT2D eigenvalue weighted by Gasteiger charge is -2.45. The van der Waals surface area contributed by atoms with Gasteiger partial charge in [-0.2, -0.15) is 20.0 Å². The normalized spacial score (nSPS) is 34.4. The highest BCUT2D eigenvalue weighted by Crippen LogP contribution is 2.46. The van der Waals surface area contributed by atoms with Crippen LogP contribution in [0.1, 0.15) is 57.8 Å². The zero-order valence-corrected chi connectivity index (χ0v) is 13.9. The second-order valence-electron chi connectivity index (χ2n) is 6.75. The minimum Gasteiger partial charge on any atom is -0.211 e. The molecule has 8 heteroatoms. The van der Waals surface area contributed by atoms with Crippen molar-refractivity contribution >= 4 is 24.3 Å². The highest BCUT2D eigenvalue weighted by Gasteiger charge is 2.52. The van der Waals surface area contributed by atoms with Crippen LogP contribution in [0.5, 0.6) is 0 Å². The van der Waals surface area contributed by atoms with Crippen LogP contribution in [0.4, 0.5) is 0 Å². The summed E-state index contributed by atoms with van der Waals surface area (Å²) in [5.41, 5.74) is -1.99. The van der Waals surface area contributed by atoms with Gasteiger partial charge in [-0.15, -0.1) is 0 Å². The van der Waals surface area contributed by atoms with Gasteiger partial charge in [-0.3, -0.25) is 0 Å². The fraction of sp³-hybridized carbons (Fsp3) is 0.765. The molecule has 4 atom stereocenters. The number of hydrogen-bond donors (Lipinski definition) is 0. The summed E-state index contributed by atoms with van der Waals surface area (Å²) < 4.78 is 0. The molecule has 2 saturated carbocycles. The summed E-state index contributed by atoms with van der Waals surface area (Å²) in [6.07, 6.45) is 12.0. The van der Waals surface area contributed by atoms with E-state index in [2.05, 4.69) is 20.0 Å². The van der Waals surface area contributed by atoms with E-state index in [9.17, 15) is 19.2 Å². The maximum atomic E-state index is 11.1. The highest BCUT2D eigenvalue weighted by molar-refractivity contribution is 5.41. The van der Waals surface area contributed by atoms with Crippen molar-refractivity contribution in [2.24, 2.45) is 20.0 Å². The molecular formula is C17H20N4O4. The SMILES string of the molecule is O=C=NC1CCCCC1(CC1(N=C=O)CCCCC1N=C=O)N=C=O. The molecule has 0 spiro atoms. The lowest BCUT2D eigenvalue weighted by Crippen LogP contribution is -2.53. The van der Waals surface area contributed by atoms with Crippen LogP contribution >= 0.6 is 0 Å². The predicted octanol–water partition coefficient (Wildman–Crippen LogP) is 2.08. The van der Waals surface area contributed by atoms with Gasteiger partial charge in [0, 0.05) is 6.42 Å². The second-order valence-corrected chi connectivity index (χ2v) is 6.75. The van der Waals surface area contributed by atoms with Gasteiger partial charge < -0.3 is 0 Å². The Labute approximate surface area is 145 Å². The van der Waals surface area contributed by atoms with Gasteiger partial charge in [-0.05, 0) is 25.7 Å². The van der Waals surface area contributed by atoms with Crippen LogP contribution in [-0.2, 0) is 19.2 Å². The van der Waals surface area contributed by atoms with E-state index in [0.29, 0.717) is 25.7 Å². The monoisotopic (exact) mass is 344 g/mol. The van der Waals surface area contributed by atoms with Crippen LogP contribution < -0.4 is 0 Å². The van der Waals surface area contributed by atoms with Gasteiger partial charge in [0.25, 0.3) is 0 Å². The van der Waals surface area contributed by atoms with Crippen LogP contribution in [-0.4, -0.2) is 47.5 Å². The molecule has 0 saturated heterocycles. The molecule has 0 heterocycles. The van der Waals surface area contributed by atoms with Crippen LogP contribution in [0, 0.1) is 0 Å². The Hall–Kier alpha value is -2.48. The Bertz CT molecular complexity index is 627. The summed E-state index contributed by atoms with van der Waals surface area (Å²) in [6, 6.07) is -1.05. The molecule has 2 aliphatic rings. The van der Waals surface area contributed by atoms with Crippen molar-refractivity contribution in [2.75, 3.05) is 0 Å². The zero-order chi connectivity index (χ0) is 18.2. The quantitative estimate of drug-likeness (QED) is 0.541. The fourth-order valence-corrected chi connectivity index (χ4v) is 4.37. The summed E-state index contributed by atoms with van der Waals surface area (Å²) >= 11 is 0. The van der Waals surface area contributed by atoms with E-state index < -0.39 is 23.2 Å². The van der Waals surface area contributed by atoms with Gasteiger partial charge in [0.05, 0.1) is 23.2 Å². The summed E-state index contributed by atoms with van der Waals surface area (Å²) in [5.74, 6) is 0. The summed E-state index contributed by atoms with van der Waals surface area (Å²) in [4.78, 5) is 59.7. The minimum atomic E-state index is -0.994. The van der Waals surface area contributed by atoms with Gasteiger partial charge in [0.15, 0.2) is 0 Å². The van der Waals surface area contributed by atoms with Crippen molar-refractivity contribution < 1.29 is 19.2 Å². The van der Waals surface area contributed by atoms with Gasteiger partial charge in [-0.1, -0.05) is 25.7 Å².